The zero-order chi connectivity index (χ0) is 19.8. The number of benzene rings is 2. The van der Waals surface area contributed by atoms with Crippen molar-refractivity contribution in [2.24, 2.45) is 0 Å². The standard InChI is InChI=1S/C24H22N2O2/c1-15-12-19-6-4-5-7-20(19)21(25-15)13-17-8-10-18(11-9-17)14-26(3)22-16(2)23(27)24(22)28/h4-12H,13-14H2,1-3H3. The van der Waals surface area contributed by atoms with Crippen LogP contribution < -0.4 is 15.8 Å². The van der Waals surface area contributed by atoms with Crippen LogP contribution in [0, 0.1) is 13.8 Å². The van der Waals surface area contributed by atoms with E-state index in [1.54, 1.807) is 6.92 Å². The number of fused-ring (bicyclic) bond motifs is 1. The molecule has 0 spiro atoms. The number of anilines is 1. The third kappa shape index (κ3) is 3.22. The van der Waals surface area contributed by atoms with Crippen molar-refractivity contribution >= 4 is 16.5 Å². The Morgan fingerprint density at radius 3 is 2.29 bits per heavy atom. The second kappa shape index (κ2) is 7.04. The summed E-state index contributed by atoms with van der Waals surface area (Å²) in [5, 5.41) is 2.40. The predicted octanol–water partition coefficient (Wildman–Crippen LogP) is 3.67. The maximum atomic E-state index is 11.7. The molecule has 28 heavy (non-hydrogen) atoms. The third-order valence-electron chi connectivity index (χ3n) is 5.26. The van der Waals surface area contributed by atoms with Crippen LogP contribution in [0.25, 0.3) is 10.8 Å². The van der Waals surface area contributed by atoms with Gasteiger partial charge >= 0.3 is 0 Å². The Morgan fingerprint density at radius 1 is 0.893 bits per heavy atom. The molecular formula is C24H22N2O2. The topological polar surface area (TPSA) is 50.3 Å². The molecule has 0 atom stereocenters. The van der Waals surface area contributed by atoms with Gasteiger partial charge in [-0.1, -0.05) is 48.5 Å². The first-order valence-electron chi connectivity index (χ1n) is 9.38. The molecule has 0 aliphatic carbocycles. The molecule has 0 bridgehead atoms. The highest BCUT2D eigenvalue weighted by atomic mass is 16.2. The lowest BCUT2D eigenvalue weighted by Gasteiger charge is -2.22. The predicted molar refractivity (Wildman–Crippen MR) is 114 cm³/mol. The van der Waals surface area contributed by atoms with Crippen molar-refractivity contribution in [1.82, 2.24) is 4.98 Å². The second-order valence-electron chi connectivity index (χ2n) is 7.41. The van der Waals surface area contributed by atoms with Crippen LogP contribution in [0.2, 0.25) is 0 Å². The summed E-state index contributed by atoms with van der Waals surface area (Å²) < 4.78 is 0. The van der Waals surface area contributed by atoms with E-state index in [0.29, 0.717) is 17.8 Å². The minimum absolute atomic E-state index is 0.366. The summed E-state index contributed by atoms with van der Waals surface area (Å²) in [5.74, 6) is 0. The Morgan fingerprint density at radius 2 is 1.57 bits per heavy atom. The van der Waals surface area contributed by atoms with Crippen LogP contribution >= 0.6 is 0 Å². The summed E-state index contributed by atoms with van der Waals surface area (Å²) in [6.45, 7) is 4.33. The smallest absolute Gasteiger partial charge is 0.249 e. The van der Waals surface area contributed by atoms with Crippen LogP contribution in [0.5, 0.6) is 0 Å². The molecule has 140 valence electrons. The van der Waals surface area contributed by atoms with E-state index in [1.165, 1.54) is 16.3 Å². The third-order valence-corrected chi connectivity index (χ3v) is 5.26. The fourth-order valence-corrected chi connectivity index (χ4v) is 3.81. The molecular weight excluding hydrogens is 348 g/mol. The average Bonchev–Trinajstić information content (AvgIpc) is 2.69. The molecule has 4 rings (SSSR count). The fourth-order valence-electron chi connectivity index (χ4n) is 3.81. The van der Waals surface area contributed by atoms with Crippen LogP contribution in [-0.2, 0) is 13.0 Å². The minimum Gasteiger partial charge on any atom is -0.367 e. The zero-order valence-electron chi connectivity index (χ0n) is 16.3. The van der Waals surface area contributed by atoms with Gasteiger partial charge in [0.2, 0.25) is 10.9 Å². The molecule has 3 aromatic carbocycles. The van der Waals surface area contributed by atoms with E-state index in [-0.39, 0.29) is 10.9 Å². The van der Waals surface area contributed by atoms with E-state index in [1.807, 2.05) is 24.9 Å². The number of nitrogens with zero attached hydrogens (tertiary/aromatic N) is 2. The van der Waals surface area contributed by atoms with Crippen molar-refractivity contribution in [3.63, 3.8) is 0 Å². The van der Waals surface area contributed by atoms with Gasteiger partial charge < -0.3 is 4.90 Å². The van der Waals surface area contributed by atoms with Gasteiger partial charge in [-0.15, -0.1) is 0 Å². The first-order valence-corrected chi connectivity index (χ1v) is 9.38. The lowest BCUT2D eigenvalue weighted by Crippen LogP contribution is -2.40. The largest absolute Gasteiger partial charge is 0.367 e. The molecule has 4 aromatic rings. The van der Waals surface area contributed by atoms with Gasteiger partial charge in [0, 0.05) is 36.7 Å². The number of rotatable bonds is 5. The molecule has 0 fully saturated rings. The quantitative estimate of drug-likeness (QED) is 0.503. The molecule has 0 aliphatic rings. The van der Waals surface area contributed by atoms with Crippen LogP contribution in [0.1, 0.15) is 28.1 Å². The SMILES string of the molecule is Cc1cc2ccccc2c(Cc2ccc(CN(C)c3c(C)c(=O)c3=O)cc2)n1. The summed E-state index contributed by atoms with van der Waals surface area (Å²) in [4.78, 5) is 29.8. The second-order valence-corrected chi connectivity index (χ2v) is 7.41. The van der Waals surface area contributed by atoms with Crippen molar-refractivity contribution in [2.45, 2.75) is 26.8 Å². The molecule has 0 radical (unpaired) electrons. The molecule has 0 aliphatic heterocycles. The minimum atomic E-state index is -0.381. The summed E-state index contributed by atoms with van der Waals surface area (Å²) in [6.07, 6.45) is 0.773. The lowest BCUT2D eigenvalue weighted by atomic mass is 10.0. The van der Waals surface area contributed by atoms with Gasteiger partial charge in [-0.05, 0) is 36.4 Å². The summed E-state index contributed by atoms with van der Waals surface area (Å²) in [5.41, 5.74) is 4.74. The number of hydrogen-bond donors (Lipinski definition) is 0. The molecule has 0 unspecified atom stereocenters. The highest BCUT2D eigenvalue weighted by Gasteiger charge is 2.20. The summed E-state index contributed by atoms with van der Waals surface area (Å²) >= 11 is 0. The van der Waals surface area contributed by atoms with Crippen LogP contribution in [0.15, 0.2) is 64.2 Å². The average molecular weight is 370 g/mol. The summed E-state index contributed by atoms with van der Waals surface area (Å²) in [7, 11) is 1.85. The van der Waals surface area contributed by atoms with Crippen molar-refractivity contribution in [1.29, 1.82) is 0 Å². The van der Waals surface area contributed by atoms with Crippen LogP contribution in [0.4, 0.5) is 5.69 Å². The van der Waals surface area contributed by atoms with Gasteiger partial charge in [0.05, 0.1) is 11.4 Å². The van der Waals surface area contributed by atoms with Crippen molar-refractivity contribution in [3.8, 4) is 0 Å². The van der Waals surface area contributed by atoms with Gasteiger partial charge in [-0.25, -0.2) is 0 Å². The lowest BCUT2D eigenvalue weighted by molar-refractivity contribution is 0.897. The molecule has 0 N–H and O–H groups in total. The van der Waals surface area contributed by atoms with Crippen molar-refractivity contribution in [2.75, 3.05) is 11.9 Å². The molecule has 4 nitrogen and oxygen atoms in total. The van der Waals surface area contributed by atoms with E-state index in [9.17, 15) is 9.59 Å². The summed E-state index contributed by atoms with van der Waals surface area (Å²) in [6, 6.07) is 18.8. The van der Waals surface area contributed by atoms with E-state index in [2.05, 4.69) is 48.5 Å². The number of pyridine rings is 1. The van der Waals surface area contributed by atoms with Crippen LogP contribution in [-0.4, -0.2) is 12.0 Å². The molecule has 0 saturated heterocycles. The molecule has 1 heterocycles. The number of hydrogen-bond acceptors (Lipinski definition) is 4. The van der Waals surface area contributed by atoms with Gasteiger partial charge in [0.1, 0.15) is 0 Å². The van der Waals surface area contributed by atoms with E-state index < -0.39 is 0 Å². The van der Waals surface area contributed by atoms with Crippen LogP contribution in [0.3, 0.4) is 0 Å². The zero-order valence-corrected chi connectivity index (χ0v) is 16.3. The van der Waals surface area contributed by atoms with Crippen molar-refractivity contribution < 1.29 is 0 Å². The Bertz CT molecular complexity index is 1230. The monoisotopic (exact) mass is 370 g/mol. The highest BCUT2D eigenvalue weighted by molar-refractivity contribution is 5.85. The Balaban J connectivity index is 1.53. The van der Waals surface area contributed by atoms with Gasteiger partial charge in [-0.2, -0.15) is 0 Å². The number of aromatic nitrogens is 1. The van der Waals surface area contributed by atoms with Gasteiger partial charge in [0.15, 0.2) is 0 Å². The van der Waals surface area contributed by atoms with Crippen molar-refractivity contribution in [3.05, 3.63) is 103 Å². The normalized spacial score (nSPS) is 11.2. The Kier molecular flexibility index (Phi) is 4.55. The Labute approximate surface area is 163 Å². The molecule has 0 amide bonds. The molecule has 4 heteroatoms. The van der Waals surface area contributed by atoms with Gasteiger partial charge in [-0.3, -0.25) is 14.6 Å². The molecule has 0 saturated carbocycles. The highest BCUT2D eigenvalue weighted by Crippen LogP contribution is 2.22. The first kappa shape index (κ1) is 18.1. The van der Waals surface area contributed by atoms with E-state index in [4.69, 9.17) is 4.98 Å². The fraction of sp³-hybridized carbons (Fsp3) is 0.208. The maximum absolute atomic E-state index is 11.7. The van der Waals surface area contributed by atoms with E-state index in [0.717, 1.165) is 23.4 Å². The van der Waals surface area contributed by atoms with E-state index >= 15 is 0 Å². The molecule has 1 aromatic heterocycles. The first-order chi connectivity index (χ1) is 13.4. The maximum Gasteiger partial charge on any atom is 0.249 e. The Hall–Kier alpha value is -3.27. The number of aryl methyl sites for hydroxylation is 1. The van der Waals surface area contributed by atoms with Gasteiger partial charge in [0.25, 0.3) is 0 Å².